The van der Waals surface area contributed by atoms with Crippen molar-refractivity contribution in [2.75, 3.05) is 19.8 Å². The first-order chi connectivity index (χ1) is 10.9. The highest BCUT2D eigenvalue weighted by molar-refractivity contribution is 4.76. The molecule has 0 aromatic carbocycles. The molecule has 15 heteroatoms. The summed E-state index contributed by atoms with van der Waals surface area (Å²) >= 11 is 0. The Balaban J connectivity index is -0.000000137. The van der Waals surface area contributed by atoms with Crippen LogP contribution in [-0.2, 0) is 0 Å². The molecule has 0 amide bonds. The minimum absolute atomic E-state index is 0.135. The second-order valence-corrected chi connectivity index (χ2v) is 4.14. The maximum Gasteiger partial charge on any atom is 0.291 e. The first kappa shape index (κ1) is 29.5. The van der Waals surface area contributed by atoms with Gasteiger partial charge in [0.1, 0.15) is 0 Å². The molecule has 0 radical (unpaired) electrons. The van der Waals surface area contributed by atoms with E-state index in [9.17, 15) is 0 Å². The van der Waals surface area contributed by atoms with Crippen molar-refractivity contribution >= 4 is 0 Å². The lowest BCUT2D eigenvalue weighted by Crippen LogP contribution is -2.33. The molecule has 0 spiro atoms. The number of aliphatic hydroxyl groups is 3. The number of unbranched alkanes of at least 4 members (excludes halogenated alkanes) is 2. The van der Waals surface area contributed by atoms with E-state index in [0.717, 1.165) is 19.3 Å². The van der Waals surface area contributed by atoms with Crippen LogP contribution in [0.1, 0.15) is 32.6 Å². The van der Waals surface area contributed by atoms with E-state index in [-0.39, 0.29) is 19.8 Å². The van der Waals surface area contributed by atoms with Crippen molar-refractivity contribution in [2.24, 2.45) is 5.41 Å². The van der Waals surface area contributed by atoms with Crippen LogP contribution in [0, 0.1) is 35.8 Å². The standard InChI is InChI=1S/C9H20O3.3HNO3/c1-2-3-4-5-9(6-10,7-11)8-12;3*2-1(3)4/h10-12H,2-8H2,1H3;3*(H,2,3,4). The number of rotatable bonds is 7. The lowest BCUT2D eigenvalue weighted by atomic mass is 9.85. The summed E-state index contributed by atoms with van der Waals surface area (Å²) in [4.78, 5) is 25.1. The Labute approximate surface area is 135 Å². The number of nitrogens with zero attached hydrogens (tertiary/aromatic N) is 3. The normalized spacial score (nSPS) is 9.00. The maximum absolute atomic E-state index is 8.96. The number of hydrogen-bond acceptors (Lipinski definition) is 9. The zero-order chi connectivity index (χ0) is 20.2. The van der Waals surface area contributed by atoms with Gasteiger partial charge in [-0.05, 0) is 6.42 Å². The van der Waals surface area contributed by atoms with Crippen LogP contribution in [0.4, 0.5) is 0 Å². The molecule has 6 N–H and O–H groups in total. The Hall–Kier alpha value is -2.52. The van der Waals surface area contributed by atoms with E-state index in [2.05, 4.69) is 6.92 Å². The molecule has 0 aliphatic rings. The van der Waals surface area contributed by atoms with E-state index in [1.54, 1.807) is 0 Å². The van der Waals surface area contributed by atoms with Crippen molar-refractivity contribution in [1.82, 2.24) is 0 Å². The molecule has 24 heavy (non-hydrogen) atoms. The zero-order valence-electron chi connectivity index (χ0n) is 12.9. The van der Waals surface area contributed by atoms with Gasteiger partial charge in [-0.3, -0.25) is 0 Å². The first-order valence-corrected chi connectivity index (χ1v) is 6.27. The van der Waals surface area contributed by atoms with Crippen molar-refractivity contribution in [3.63, 3.8) is 0 Å². The van der Waals surface area contributed by atoms with Gasteiger partial charge in [0.15, 0.2) is 0 Å². The van der Waals surface area contributed by atoms with Crippen LogP contribution in [0.3, 0.4) is 0 Å². The van der Waals surface area contributed by atoms with E-state index < -0.39 is 20.7 Å². The Morgan fingerprint density at radius 2 is 1.00 bits per heavy atom. The quantitative estimate of drug-likeness (QED) is 0.189. The predicted molar refractivity (Wildman–Crippen MR) is 74.2 cm³/mol. The van der Waals surface area contributed by atoms with E-state index in [1.807, 2.05) is 0 Å². The average molecular weight is 365 g/mol. The van der Waals surface area contributed by atoms with Gasteiger partial charge in [-0.1, -0.05) is 26.2 Å². The third-order valence-electron chi connectivity index (χ3n) is 2.32. The van der Waals surface area contributed by atoms with Crippen LogP contribution in [0.25, 0.3) is 0 Å². The third kappa shape index (κ3) is 42.7. The second-order valence-electron chi connectivity index (χ2n) is 4.14. The smallest absolute Gasteiger partial charge is 0.291 e. The number of aliphatic hydroxyl groups excluding tert-OH is 3. The summed E-state index contributed by atoms with van der Waals surface area (Å²) in [5.41, 5.74) is -0.658. The maximum atomic E-state index is 8.96. The van der Waals surface area contributed by atoms with Gasteiger partial charge in [0.2, 0.25) is 0 Å². The summed E-state index contributed by atoms with van der Waals surface area (Å²) in [7, 11) is 0. The van der Waals surface area contributed by atoms with Gasteiger partial charge >= 0.3 is 0 Å². The summed E-state index contributed by atoms with van der Waals surface area (Å²) in [6.45, 7) is 1.69. The molecule has 0 aromatic rings. The topological polar surface area (TPSA) is 251 Å². The lowest BCUT2D eigenvalue weighted by Gasteiger charge is -2.26. The minimum Gasteiger partial charge on any atom is -0.396 e. The fraction of sp³-hybridized carbons (Fsp3) is 1.00. The van der Waals surface area contributed by atoms with Crippen molar-refractivity contribution in [3.8, 4) is 0 Å². The molecule has 15 nitrogen and oxygen atoms in total. The van der Waals surface area contributed by atoms with Crippen molar-refractivity contribution < 1.29 is 46.2 Å². The van der Waals surface area contributed by atoms with E-state index in [0.29, 0.717) is 6.42 Å². The molecule has 0 fully saturated rings. The molecule has 0 heterocycles. The Kier molecular flexibility index (Phi) is 25.2. The largest absolute Gasteiger partial charge is 0.396 e. The van der Waals surface area contributed by atoms with E-state index in [4.69, 9.17) is 61.3 Å². The van der Waals surface area contributed by atoms with Crippen LogP contribution in [0.5, 0.6) is 0 Å². The molecule has 0 aliphatic heterocycles. The molecule has 0 atom stereocenters. The van der Waals surface area contributed by atoms with Crippen molar-refractivity contribution in [3.05, 3.63) is 30.3 Å². The fourth-order valence-electron chi connectivity index (χ4n) is 1.14. The van der Waals surface area contributed by atoms with Crippen LogP contribution < -0.4 is 0 Å². The summed E-state index contributed by atoms with van der Waals surface area (Å²) in [6, 6.07) is 0. The van der Waals surface area contributed by atoms with Crippen molar-refractivity contribution in [1.29, 1.82) is 0 Å². The van der Waals surface area contributed by atoms with Gasteiger partial charge in [0.05, 0.1) is 19.8 Å². The average Bonchev–Trinajstić information content (AvgIpc) is 2.42. The van der Waals surface area contributed by atoms with Gasteiger partial charge in [0, 0.05) is 5.41 Å². The zero-order valence-corrected chi connectivity index (χ0v) is 12.9. The summed E-state index contributed by atoms with van der Waals surface area (Å²) < 4.78 is 0. The molecule has 146 valence electrons. The molecule has 0 saturated carbocycles. The van der Waals surface area contributed by atoms with Crippen LogP contribution in [0.2, 0.25) is 0 Å². The molecule has 0 aromatic heterocycles. The minimum atomic E-state index is -1.50. The predicted octanol–water partition coefficient (Wildman–Crippen LogP) is -0.513. The summed E-state index contributed by atoms with van der Waals surface area (Å²) in [6.07, 6.45) is 3.85. The van der Waals surface area contributed by atoms with Crippen LogP contribution in [0.15, 0.2) is 0 Å². The highest BCUT2D eigenvalue weighted by atomic mass is 16.9. The molecule has 0 saturated heterocycles. The van der Waals surface area contributed by atoms with E-state index in [1.165, 1.54) is 0 Å². The molecule has 0 bridgehead atoms. The van der Waals surface area contributed by atoms with Gasteiger partial charge < -0.3 is 30.9 Å². The van der Waals surface area contributed by atoms with E-state index >= 15 is 0 Å². The second kappa shape index (κ2) is 20.5. The number of hydrogen-bond donors (Lipinski definition) is 6. The Morgan fingerprint density at radius 1 is 0.750 bits per heavy atom. The van der Waals surface area contributed by atoms with Gasteiger partial charge in [0.25, 0.3) is 15.3 Å². The fourth-order valence-corrected chi connectivity index (χ4v) is 1.14. The first-order valence-electron chi connectivity index (χ1n) is 6.27. The molecule has 0 unspecified atom stereocenters. The molecule has 0 aliphatic carbocycles. The Morgan fingerprint density at radius 3 is 1.17 bits per heavy atom. The highest BCUT2D eigenvalue weighted by Gasteiger charge is 2.26. The van der Waals surface area contributed by atoms with Gasteiger partial charge in [-0.2, -0.15) is 0 Å². The Bertz CT molecular complexity index is 274. The SMILES string of the molecule is CCCCCC(CO)(CO)CO.O=[N+]([O-])O.O=[N+]([O-])O.O=[N+]([O-])O. The molecular weight excluding hydrogens is 342 g/mol. The van der Waals surface area contributed by atoms with Gasteiger partial charge in [-0.15, -0.1) is 30.3 Å². The van der Waals surface area contributed by atoms with Crippen LogP contribution >= 0.6 is 0 Å². The third-order valence-corrected chi connectivity index (χ3v) is 2.32. The summed E-state index contributed by atoms with van der Waals surface area (Å²) in [5.74, 6) is 0. The highest BCUT2D eigenvalue weighted by Crippen LogP contribution is 2.23. The molecule has 0 rings (SSSR count). The van der Waals surface area contributed by atoms with Crippen molar-refractivity contribution in [2.45, 2.75) is 32.6 Å². The van der Waals surface area contributed by atoms with Gasteiger partial charge in [-0.25, -0.2) is 0 Å². The lowest BCUT2D eigenvalue weighted by molar-refractivity contribution is -0.742. The monoisotopic (exact) mass is 365 g/mol. The molecular formula is C9H23N3O12. The van der Waals surface area contributed by atoms with Crippen LogP contribution in [-0.4, -0.2) is 66.0 Å². The summed E-state index contributed by atoms with van der Waals surface area (Å²) in [5, 5.41) is 67.8.